The van der Waals surface area contributed by atoms with Gasteiger partial charge in [-0.1, -0.05) is 12.1 Å². The van der Waals surface area contributed by atoms with Crippen LogP contribution in [0.1, 0.15) is 24.8 Å². The molecule has 3 heteroatoms. The Hall–Kier alpha value is -1.06. The van der Waals surface area contributed by atoms with E-state index in [-0.39, 0.29) is 0 Å². The molecule has 3 nitrogen and oxygen atoms in total. The Labute approximate surface area is 111 Å². The van der Waals surface area contributed by atoms with Crippen LogP contribution in [0.3, 0.4) is 0 Å². The predicted octanol–water partition coefficient (Wildman–Crippen LogP) is 2.07. The summed E-state index contributed by atoms with van der Waals surface area (Å²) in [5, 5.41) is 0. The van der Waals surface area contributed by atoms with Gasteiger partial charge in [-0.05, 0) is 57.6 Å². The smallest absolute Gasteiger partial charge is 0.0368 e. The van der Waals surface area contributed by atoms with Crippen LogP contribution in [-0.4, -0.2) is 38.1 Å². The number of anilines is 1. The second-order valence-electron chi connectivity index (χ2n) is 5.45. The van der Waals surface area contributed by atoms with E-state index in [1.807, 2.05) is 0 Å². The summed E-state index contributed by atoms with van der Waals surface area (Å²) < 4.78 is 0. The van der Waals surface area contributed by atoms with Crippen molar-refractivity contribution in [3.8, 4) is 0 Å². The average Bonchev–Trinajstić information content (AvgIpc) is 3.19. The first-order valence-corrected chi connectivity index (χ1v) is 6.91. The molecule has 1 fully saturated rings. The largest absolute Gasteiger partial charge is 0.368 e. The van der Waals surface area contributed by atoms with Gasteiger partial charge in [0.25, 0.3) is 0 Å². The molecule has 100 valence electrons. The van der Waals surface area contributed by atoms with Crippen LogP contribution in [0.2, 0.25) is 0 Å². The molecule has 0 saturated heterocycles. The van der Waals surface area contributed by atoms with Gasteiger partial charge in [0, 0.05) is 24.8 Å². The van der Waals surface area contributed by atoms with Gasteiger partial charge in [-0.3, -0.25) is 0 Å². The van der Waals surface area contributed by atoms with Crippen molar-refractivity contribution >= 4 is 5.69 Å². The third-order valence-electron chi connectivity index (χ3n) is 3.50. The van der Waals surface area contributed by atoms with Crippen LogP contribution in [0.5, 0.6) is 0 Å². The van der Waals surface area contributed by atoms with Crippen molar-refractivity contribution in [3.63, 3.8) is 0 Å². The first kappa shape index (κ1) is 13.4. The molecule has 1 saturated carbocycles. The third-order valence-corrected chi connectivity index (χ3v) is 3.50. The van der Waals surface area contributed by atoms with Crippen LogP contribution in [0.4, 0.5) is 5.69 Å². The number of rotatable bonds is 7. The van der Waals surface area contributed by atoms with Gasteiger partial charge in [-0.2, -0.15) is 0 Å². The fraction of sp³-hybridized carbons (Fsp3) is 0.600. The lowest BCUT2D eigenvalue weighted by molar-refractivity contribution is 0.400. The molecule has 0 aliphatic heterocycles. The molecular weight excluding hydrogens is 222 g/mol. The van der Waals surface area contributed by atoms with E-state index in [4.69, 9.17) is 5.73 Å². The molecule has 2 N–H and O–H groups in total. The topological polar surface area (TPSA) is 32.5 Å². The van der Waals surface area contributed by atoms with Crippen LogP contribution in [0.15, 0.2) is 24.3 Å². The molecule has 0 radical (unpaired) electrons. The number of nitrogens with zero attached hydrogens (tertiary/aromatic N) is 2. The zero-order valence-electron chi connectivity index (χ0n) is 11.6. The van der Waals surface area contributed by atoms with E-state index in [1.165, 1.54) is 30.5 Å². The summed E-state index contributed by atoms with van der Waals surface area (Å²) >= 11 is 0. The van der Waals surface area contributed by atoms with Crippen molar-refractivity contribution < 1.29 is 0 Å². The average molecular weight is 247 g/mol. The highest BCUT2D eigenvalue weighted by molar-refractivity contribution is 5.49. The number of nitrogens with two attached hydrogens (primary N) is 1. The van der Waals surface area contributed by atoms with Crippen LogP contribution < -0.4 is 10.6 Å². The minimum absolute atomic E-state index is 0.629. The Morgan fingerprint density at radius 1 is 1.11 bits per heavy atom. The second kappa shape index (κ2) is 6.21. The Morgan fingerprint density at radius 3 is 2.28 bits per heavy atom. The standard InChI is InChI=1S/C15H25N3/c1-17(2)10-3-11-18(15-8-9-15)14-6-4-13(12-16)5-7-14/h4-7,15H,3,8-12,16H2,1-2H3. The van der Waals surface area contributed by atoms with Crippen molar-refractivity contribution in [1.82, 2.24) is 4.90 Å². The molecule has 1 aromatic rings. The lowest BCUT2D eigenvalue weighted by atomic mass is 10.2. The van der Waals surface area contributed by atoms with E-state index in [0.29, 0.717) is 6.54 Å². The minimum atomic E-state index is 0.629. The van der Waals surface area contributed by atoms with Crippen molar-refractivity contribution in [3.05, 3.63) is 29.8 Å². The van der Waals surface area contributed by atoms with Crippen molar-refractivity contribution in [2.45, 2.75) is 31.8 Å². The quantitative estimate of drug-likeness (QED) is 0.800. The molecule has 0 bridgehead atoms. The van der Waals surface area contributed by atoms with Crippen molar-refractivity contribution in [2.75, 3.05) is 32.1 Å². The molecule has 0 spiro atoms. The Balaban J connectivity index is 1.95. The first-order valence-electron chi connectivity index (χ1n) is 6.91. The van der Waals surface area contributed by atoms with Gasteiger partial charge < -0.3 is 15.5 Å². The van der Waals surface area contributed by atoms with Gasteiger partial charge in [0.1, 0.15) is 0 Å². The first-order chi connectivity index (χ1) is 8.70. The molecule has 0 atom stereocenters. The summed E-state index contributed by atoms with van der Waals surface area (Å²) in [7, 11) is 4.27. The van der Waals surface area contributed by atoms with Crippen LogP contribution in [0, 0.1) is 0 Å². The normalized spacial score (nSPS) is 15.1. The van der Waals surface area contributed by atoms with Gasteiger partial charge in [-0.15, -0.1) is 0 Å². The van der Waals surface area contributed by atoms with Gasteiger partial charge in [-0.25, -0.2) is 0 Å². The van der Waals surface area contributed by atoms with Gasteiger partial charge in [0.05, 0.1) is 0 Å². The van der Waals surface area contributed by atoms with E-state index in [2.05, 4.69) is 48.2 Å². The summed E-state index contributed by atoms with van der Waals surface area (Å²) in [6.07, 6.45) is 3.92. The Morgan fingerprint density at radius 2 is 1.78 bits per heavy atom. The molecule has 2 rings (SSSR count). The van der Waals surface area contributed by atoms with E-state index in [0.717, 1.165) is 19.1 Å². The molecule has 18 heavy (non-hydrogen) atoms. The van der Waals surface area contributed by atoms with Gasteiger partial charge in [0.15, 0.2) is 0 Å². The zero-order valence-corrected chi connectivity index (χ0v) is 11.6. The van der Waals surface area contributed by atoms with Crippen LogP contribution in [-0.2, 0) is 6.54 Å². The molecule has 1 aliphatic rings. The summed E-state index contributed by atoms with van der Waals surface area (Å²) in [5.74, 6) is 0. The highest BCUT2D eigenvalue weighted by Gasteiger charge is 2.28. The Kier molecular flexibility index (Phi) is 4.61. The zero-order chi connectivity index (χ0) is 13.0. The Bertz CT molecular complexity index is 355. The van der Waals surface area contributed by atoms with E-state index >= 15 is 0 Å². The fourth-order valence-corrected chi connectivity index (χ4v) is 2.29. The highest BCUT2D eigenvalue weighted by atomic mass is 15.2. The predicted molar refractivity (Wildman–Crippen MR) is 77.9 cm³/mol. The molecule has 0 amide bonds. The van der Waals surface area contributed by atoms with Crippen molar-refractivity contribution in [1.29, 1.82) is 0 Å². The fourth-order valence-electron chi connectivity index (χ4n) is 2.29. The highest BCUT2D eigenvalue weighted by Crippen LogP contribution is 2.31. The molecular formula is C15H25N3. The number of hydrogen-bond donors (Lipinski definition) is 1. The molecule has 0 aromatic heterocycles. The minimum Gasteiger partial charge on any atom is -0.368 e. The lowest BCUT2D eigenvalue weighted by Gasteiger charge is -2.25. The molecule has 1 aliphatic carbocycles. The summed E-state index contributed by atoms with van der Waals surface area (Å²) in [6.45, 7) is 2.94. The number of benzene rings is 1. The van der Waals surface area contributed by atoms with Crippen LogP contribution in [0.25, 0.3) is 0 Å². The summed E-state index contributed by atoms with van der Waals surface area (Å²) in [4.78, 5) is 4.81. The van der Waals surface area contributed by atoms with Gasteiger partial charge >= 0.3 is 0 Å². The maximum atomic E-state index is 5.64. The SMILES string of the molecule is CN(C)CCCN(c1ccc(CN)cc1)C1CC1. The summed E-state index contributed by atoms with van der Waals surface area (Å²) in [5.41, 5.74) is 8.21. The monoisotopic (exact) mass is 247 g/mol. The lowest BCUT2D eigenvalue weighted by Crippen LogP contribution is -2.29. The van der Waals surface area contributed by atoms with Crippen molar-refractivity contribution in [2.24, 2.45) is 5.73 Å². The van der Waals surface area contributed by atoms with E-state index < -0.39 is 0 Å². The molecule has 1 aromatic carbocycles. The maximum Gasteiger partial charge on any atom is 0.0368 e. The molecule has 0 unspecified atom stereocenters. The van der Waals surface area contributed by atoms with E-state index in [1.54, 1.807) is 0 Å². The third kappa shape index (κ3) is 3.72. The number of hydrogen-bond acceptors (Lipinski definition) is 3. The summed E-state index contributed by atoms with van der Waals surface area (Å²) in [6, 6.07) is 9.51. The maximum absolute atomic E-state index is 5.64. The van der Waals surface area contributed by atoms with Crippen LogP contribution >= 0.6 is 0 Å². The second-order valence-corrected chi connectivity index (χ2v) is 5.45. The van der Waals surface area contributed by atoms with Gasteiger partial charge in [0.2, 0.25) is 0 Å². The molecule has 0 heterocycles. The van der Waals surface area contributed by atoms with E-state index in [9.17, 15) is 0 Å².